The van der Waals surface area contributed by atoms with Crippen LogP contribution in [0.2, 0.25) is 0 Å². The maximum absolute atomic E-state index is 11.6. The Morgan fingerprint density at radius 3 is 2.83 bits per heavy atom. The topological polar surface area (TPSA) is 44.4 Å². The maximum atomic E-state index is 11.6. The summed E-state index contributed by atoms with van der Waals surface area (Å²) in [6, 6.07) is 1.51. The fourth-order valence-corrected chi connectivity index (χ4v) is 2.31. The number of nitrogens with one attached hydrogen (secondary N) is 2. The molecule has 0 radical (unpaired) electrons. The molecule has 3 unspecified atom stereocenters. The SMILES string of the molecule is CCC(C)NC(=O)CCNC1CCN(C)C(C)C1. The van der Waals surface area contributed by atoms with Crippen LogP contribution in [0.5, 0.6) is 0 Å². The van der Waals surface area contributed by atoms with Gasteiger partial charge in [0.05, 0.1) is 0 Å². The van der Waals surface area contributed by atoms with Crippen LogP contribution in [0.4, 0.5) is 0 Å². The highest BCUT2D eigenvalue weighted by molar-refractivity contribution is 5.76. The molecule has 106 valence electrons. The molecular weight excluding hydrogens is 226 g/mol. The lowest BCUT2D eigenvalue weighted by atomic mass is 9.99. The molecule has 0 aromatic carbocycles. The van der Waals surface area contributed by atoms with Gasteiger partial charge < -0.3 is 15.5 Å². The van der Waals surface area contributed by atoms with Crippen LogP contribution in [0, 0.1) is 0 Å². The van der Waals surface area contributed by atoms with Crippen LogP contribution < -0.4 is 10.6 Å². The third-order valence-electron chi connectivity index (χ3n) is 4.01. The first-order valence-electron chi connectivity index (χ1n) is 7.26. The maximum Gasteiger partial charge on any atom is 0.221 e. The molecule has 0 aromatic heterocycles. The molecule has 3 atom stereocenters. The molecule has 1 aliphatic heterocycles. The molecule has 1 aliphatic rings. The van der Waals surface area contributed by atoms with E-state index < -0.39 is 0 Å². The predicted molar refractivity (Wildman–Crippen MR) is 75.6 cm³/mol. The summed E-state index contributed by atoms with van der Waals surface area (Å²) in [6.45, 7) is 8.35. The van der Waals surface area contributed by atoms with E-state index in [1.807, 2.05) is 6.92 Å². The second-order valence-electron chi connectivity index (χ2n) is 5.63. The van der Waals surface area contributed by atoms with Crippen molar-refractivity contribution in [2.75, 3.05) is 20.1 Å². The van der Waals surface area contributed by atoms with Crippen LogP contribution in [0.15, 0.2) is 0 Å². The minimum Gasteiger partial charge on any atom is -0.354 e. The van der Waals surface area contributed by atoms with Crippen molar-refractivity contribution in [2.45, 2.75) is 64.6 Å². The number of carbonyl (C=O) groups excluding carboxylic acids is 1. The Balaban J connectivity index is 2.12. The van der Waals surface area contributed by atoms with E-state index in [1.54, 1.807) is 0 Å². The summed E-state index contributed by atoms with van der Waals surface area (Å²) in [5, 5.41) is 6.50. The van der Waals surface area contributed by atoms with E-state index in [2.05, 4.69) is 36.4 Å². The van der Waals surface area contributed by atoms with Crippen LogP contribution in [-0.2, 0) is 4.79 Å². The van der Waals surface area contributed by atoms with Gasteiger partial charge in [-0.25, -0.2) is 0 Å². The minimum atomic E-state index is 0.165. The van der Waals surface area contributed by atoms with Crippen molar-refractivity contribution in [3.05, 3.63) is 0 Å². The van der Waals surface area contributed by atoms with Crippen LogP contribution in [0.25, 0.3) is 0 Å². The van der Waals surface area contributed by atoms with E-state index in [0.717, 1.165) is 19.5 Å². The Morgan fingerprint density at radius 2 is 2.22 bits per heavy atom. The summed E-state index contributed by atoms with van der Waals surface area (Å²) >= 11 is 0. The zero-order valence-electron chi connectivity index (χ0n) is 12.3. The molecule has 1 fully saturated rings. The summed E-state index contributed by atoms with van der Waals surface area (Å²) in [7, 11) is 2.18. The summed E-state index contributed by atoms with van der Waals surface area (Å²) < 4.78 is 0. The number of likely N-dealkylation sites (tertiary alicyclic amines) is 1. The number of rotatable bonds is 6. The molecule has 1 amide bonds. The highest BCUT2D eigenvalue weighted by Gasteiger charge is 2.22. The molecule has 1 rings (SSSR count). The van der Waals surface area contributed by atoms with Crippen molar-refractivity contribution < 1.29 is 4.79 Å². The molecular formula is C14H29N3O. The van der Waals surface area contributed by atoms with Gasteiger partial charge in [0.2, 0.25) is 5.91 Å². The van der Waals surface area contributed by atoms with Gasteiger partial charge in [-0.15, -0.1) is 0 Å². The first kappa shape index (κ1) is 15.4. The lowest BCUT2D eigenvalue weighted by Crippen LogP contribution is -2.46. The zero-order chi connectivity index (χ0) is 13.5. The van der Waals surface area contributed by atoms with E-state index in [0.29, 0.717) is 24.5 Å². The fraction of sp³-hybridized carbons (Fsp3) is 0.929. The van der Waals surface area contributed by atoms with Crippen molar-refractivity contribution in [3.63, 3.8) is 0 Å². The fourth-order valence-electron chi connectivity index (χ4n) is 2.31. The lowest BCUT2D eigenvalue weighted by molar-refractivity contribution is -0.121. The Bertz CT molecular complexity index is 257. The number of piperidine rings is 1. The van der Waals surface area contributed by atoms with Crippen molar-refractivity contribution in [3.8, 4) is 0 Å². The van der Waals surface area contributed by atoms with Gasteiger partial charge in [0.15, 0.2) is 0 Å². The third-order valence-corrected chi connectivity index (χ3v) is 4.01. The summed E-state index contributed by atoms with van der Waals surface area (Å²) in [5.74, 6) is 0.165. The van der Waals surface area contributed by atoms with Crippen LogP contribution in [-0.4, -0.2) is 49.1 Å². The molecule has 0 aliphatic carbocycles. The molecule has 1 heterocycles. The first-order valence-corrected chi connectivity index (χ1v) is 7.26. The van der Waals surface area contributed by atoms with E-state index in [4.69, 9.17) is 0 Å². The van der Waals surface area contributed by atoms with Gasteiger partial charge in [0.1, 0.15) is 0 Å². The van der Waals surface area contributed by atoms with E-state index >= 15 is 0 Å². The van der Waals surface area contributed by atoms with Crippen molar-refractivity contribution >= 4 is 5.91 Å². The minimum absolute atomic E-state index is 0.165. The van der Waals surface area contributed by atoms with Gasteiger partial charge in [-0.05, 0) is 46.7 Å². The lowest BCUT2D eigenvalue weighted by Gasteiger charge is -2.35. The Hall–Kier alpha value is -0.610. The van der Waals surface area contributed by atoms with Gasteiger partial charge in [0, 0.05) is 31.1 Å². The number of amides is 1. The monoisotopic (exact) mass is 255 g/mol. The summed E-state index contributed by atoms with van der Waals surface area (Å²) in [5.41, 5.74) is 0. The first-order chi connectivity index (χ1) is 8.52. The molecule has 0 spiro atoms. The highest BCUT2D eigenvalue weighted by atomic mass is 16.1. The van der Waals surface area contributed by atoms with Gasteiger partial charge in [-0.3, -0.25) is 4.79 Å². The van der Waals surface area contributed by atoms with Gasteiger partial charge >= 0.3 is 0 Å². The summed E-state index contributed by atoms with van der Waals surface area (Å²) in [4.78, 5) is 14.0. The molecule has 2 N–H and O–H groups in total. The number of hydrogen-bond donors (Lipinski definition) is 2. The highest BCUT2D eigenvalue weighted by Crippen LogP contribution is 2.14. The van der Waals surface area contributed by atoms with Crippen LogP contribution >= 0.6 is 0 Å². The van der Waals surface area contributed by atoms with E-state index in [-0.39, 0.29) is 5.91 Å². The van der Waals surface area contributed by atoms with E-state index in [9.17, 15) is 4.79 Å². The van der Waals surface area contributed by atoms with Crippen LogP contribution in [0.3, 0.4) is 0 Å². The predicted octanol–water partition coefficient (Wildman–Crippen LogP) is 1.36. The van der Waals surface area contributed by atoms with E-state index in [1.165, 1.54) is 12.8 Å². The zero-order valence-corrected chi connectivity index (χ0v) is 12.3. The molecule has 4 nitrogen and oxygen atoms in total. The standard InChI is InChI=1S/C14H29N3O/c1-5-11(2)16-14(18)6-8-15-13-7-9-17(4)12(3)10-13/h11-13,15H,5-10H2,1-4H3,(H,16,18). The molecule has 18 heavy (non-hydrogen) atoms. The Labute approximate surface area is 111 Å². The van der Waals surface area contributed by atoms with Crippen molar-refractivity contribution in [2.24, 2.45) is 0 Å². The van der Waals surface area contributed by atoms with Gasteiger partial charge in [-0.2, -0.15) is 0 Å². The summed E-state index contributed by atoms with van der Waals surface area (Å²) in [6.07, 6.45) is 3.95. The second-order valence-corrected chi connectivity index (χ2v) is 5.63. The Kier molecular flexibility index (Phi) is 6.65. The normalized spacial score (nSPS) is 26.9. The van der Waals surface area contributed by atoms with Gasteiger partial charge in [0.25, 0.3) is 0 Å². The van der Waals surface area contributed by atoms with Gasteiger partial charge in [-0.1, -0.05) is 6.92 Å². The third kappa shape index (κ3) is 5.36. The van der Waals surface area contributed by atoms with Crippen molar-refractivity contribution in [1.82, 2.24) is 15.5 Å². The average molecular weight is 255 g/mol. The molecule has 0 bridgehead atoms. The number of hydrogen-bond acceptors (Lipinski definition) is 3. The Morgan fingerprint density at radius 1 is 1.50 bits per heavy atom. The number of nitrogens with zero attached hydrogens (tertiary/aromatic N) is 1. The van der Waals surface area contributed by atoms with Crippen molar-refractivity contribution in [1.29, 1.82) is 0 Å². The second kappa shape index (κ2) is 7.74. The molecule has 0 saturated carbocycles. The molecule has 1 saturated heterocycles. The van der Waals surface area contributed by atoms with Crippen LogP contribution in [0.1, 0.15) is 46.5 Å². The number of carbonyl (C=O) groups is 1. The molecule has 4 heteroatoms. The molecule has 0 aromatic rings. The smallest absolute Gasteiger partial charge is 0.221 e. The average Bonchev–Trinajstić information content (AvgIpc) is 2.33. The quantitative estimate of drug-likeness (QED) is 0.753. The largest absolute Gasteiger partial charge is 0.354 e.